The van der Waals surface area contributed by atoms with Crippen molar-refractivity contribution in [1.82, 2.24) is 9.88 Å². The van der Waals surface area contributed by atoms with Gasteiger partial charge in [0.2, 0.25) is 5.78 Å². The van der Waals surface area contributed by atoms with Gasteiger partial charge in [-0.15, -0.1) is 0 Å². The molecule has 3 aromatic rings. The maximum absolute atomic E-state index is 12.6. The Balaban J connectivity index is 1.46. The summed E-state index contributed by atoms with van der Waals surface area (Å²) in [7, 11) is 0. The van der Waals surface area contributed by atoms with Crippen LogP contribution in [-0.4, -0.2) is 35.4 Å². The summed E-state index contributed by atoms with van der Waals surface area (Å²) in [5, 5.41) is 6.21. The number of hydrogen-bond acceptors (Lipinski definition) is 5. The molecule has 1 N–H and O–H groups in total. The van der Waals surface area contributed by atoms with Crippen molar-refractivity contribution < 1.29 is 19.1 Å². The largest absolute Gasteiger partial charge is 0.457 e. The molecule has 1 aromatic carbocycles. The molecule has 0 aliphatic heterocycles. The van der Waals surface area contributed by atoms with Crippen molar-refractivity contribution in [2.75, 3.05) is 13.2 Å². The van der Waals surface area contributed by atoms with Crippen LogP contribution in [0.15, 0.2) is 53.2 Å². The van der Waals surface area contributed by atoms with Crippen molar-refractivity contribution in [1.29, 1.82) is 0 Å². The molecule has 2 heterocycles. The van der Waals surface area contributed by atoms with E-state index in [1.165, 1.54) is 16.9 Å². The molecule has 0 unspecified atom stereocenters. The second kappa shape index (κ2) is 10.7. The molecule has 0 saturated carbocycles. The van der Waals surface area contributed by atoms with E-state index in [-0.39, 0.29) is 31.3 Å². The first kappa shape index (κ1) is 22.5. The number of nitrogens with one attached hydrogen (secondary N) is 1. The average molecular weight is 439 g/mol. The third-order valence-electron chi connectivity index (χ3n) is 5.10. The number of nitrogens with zero attached hydrogens (tertiary/aromatic N) is 1. The SMILES string of the molecule is Cc1cc(C(=O)COC(=O)CCNC(=O)c2ccsc2)c(C)n1CCc1ccccc1. The topological polar surface area (TPSA) is 77.4 Å². The van der Waals surface area contributed by atoms with E-state index in [1.54, 1.807) is 11.4 Å². The molecule has 0 atom stereocenters. The third-order valence-corrected chi connectivity index (χ3v) is 5.79. The summed E-state index contributed by atoms with van der Waals surface area (Å²) in [5.74, 6) is -0.973. The highest BCUT2D eigenvalue weighted by Crippen LogP contribution is 2.17. The van der Waals surface area contributed by atoms with Crippen LogP contribution < -0.4 is 5.32 Å². The van der Waals surface area contributed by atoms with E-state index >= 15 is 0 Å². The lowest BCUT2D eigenvalue weighted by Crippen LogP contribution is -2.26. The molecule has 162 valence electrons. The van der Waals surface area contributed by atoms with Gasteiger partial charge >= 0.3 is 5.97 Å². The number of thiophene rings is 1. The van der Waals surface area contributed by atoms with E-state index in [0.717, 1.165) is 24.4 Å². The van der Waals surface area contributed by atoms with Gasteiger partial charge in [0, 0.05) is 41.0 Å². The monoisotopic (exact) mass is 438 g/mol. The quantitative estimate of drug-likeness (QED) is 0.384. The van der Waals surface area contributed by atoms with Gasteiger partial charge in [0.15, 0.2) is 6.61 Å². The molecule has 31 heavy (non-hydrogen) atoms. The van der Waals surface area contributed by atoms with Gasteiger partial charge in [-0.1, -0.05) is 30.3 Å². The number of ether oxygens (including phenoxy) is 1. The first-order valence-electron chi connectivity index (χ1n) is 10.2. The molecular weight excluding hydrogens is 412 g/mol. The van der Waals surface area contributed by atoms with Crippen LogP contribution in [0.25, 0.3) is 0 Å². The van der Waals surface area contributed by atoms with Crippen molar-refractivity contribution in [2.24, 2.45) is 0 Å². The molecule has 0 bridgehead atoms. The maximum Gasteiger partial charge on any atom is 0.308 e. The van der Waals surface area contributed by atoms with Gasteiger partial charge in [-0.2, -0.15) is 11.3 Å². The Labute approximate surface area is 185 Å². The first-order valence-corrected chi connectivity index (χ1v) is 11.1. The number of rotatable bonds is 10. The lowest BCUT2D eigenvalue weighted by Gasteiger charge is -2.10. The lowest BCUT2D eigenvalue weighted by molar-refractivity contribution is -0.142. The van der Waals surface area contributed by atoms with E-state index in [1.807, 2.05) is 43.5 Å². The Morgan fingerprint density at radius 1 is 1.10 bits per heavy atom. The Bertz CT molecular complexity index is 1040. The highest BCUT2D eigenvalue weighted by Gasteiger charge is 2.17. The fourth-order valence-corrected chi connectivity index (χ4v) is 4.02. The van der Waals surface area contributed by atoms with Gasteiger partial charge in [-0.25, -0.2) is 0 Å². The minimum atomic E-state index is -0.517. The molecule has 0 saturated heterocycles. The Kier molecular flexibility index (Phi) is 7.78. The number of ketones is 1. The van der Waals surface area contributed by atoms with E-state index < -0.39 is 5.97 Å². The Hall–Kier alpha value is -3.19. The number of aromatic nitrogens is 1. The second-order valence-corrected chi connectivity index (χ2v) is 8.05. The Morgan fingerprint density at radius 2 is 1.87 bits per heavy atom. The number of hydrogen-bond donors (Lipinski definition) is 1. The van der Waals surface area contributed by atoms with Crippen LogP contribution >= 0.6 is 11.3 Å². The lowest BCUT2D eigenvalue weighted by atomic mass is 10.1. The fourth-order valence-electron chi connectivity index (χ4n) is 3.38. The summed E-state index contributed by atoms with van der Waals surface area (Å²) < 4.78 is 7.23. The number of carbonyl (C=O) groups is 3. The van der Waals surface area contributed by atoms with Crippen molar-refractivity contribution >= 4 is 29.0 Å². The minimum Gasteiger partial charge on any atom is -0.457 e. The summed E-state index contributed by atoms with van der Waals surface area (Å²) in [6, 6.07) is 13.8. The third kappa shape index (κ3) is 6.15. The molecule has 6 nitrogen and oxygen atoms in total. The normalized spacial score (nSPS) is 10.6. The highest BCUT2D eigenvalue weighted by atomic mass is 32.1. The number of benzene rings is 1. The van der Waals surface area contributed by atoms with Gasteiger partial charge < -0.3 is 14.6 Å². The summed E-state index contributed by atoms with van der Waals surface area (Å²) in [6.45, 7) is 4.51. The number of carbonyl (C=O) groups excluding carboxylic acids is 3. The smallest absolute Gasteiger partial charge is 0.308 e. The van der Waals surface area contributed by atoms with Crippen LogP contribution in [0.5, 0.6) is 0 Å². The minimum absolute atomic E-state index is 0.0131. The molecule has 7 heteroatoms. The van der Waals surface area contributed by atoms with E-state index in [9.17, 15) is 14.4 Å². The molecule has 0 aliphatic rings. The van der Waals surface area contributed by atoms with Crippen LogP contribution in [0.2, 0.25) is 0 Å². The average Bonchev–Trinajstić information content (AvgIpc) is 3.40. The zero-order valence-electron chi connectivity index (χ0n) is 17.7. The van der Waals surface area contributed by atoms with Crippen molar-refractivity contribution in [3.63, 3.8) is 0 Å². The zero-order valence-corrected chi connectivity index (χ0v) is 18.5. The number of esters is 1. The number of Topliss-reactive ketones (excluding diaryl/α,β-unsaturated/α-hetero) is 1. The molecule has 3 rings (SSSR count). The van der Waals surface area contributed by atoms with Crippen LogP contribution in [0.1, 0.15) is 44.1 Å². The van der Waals surface area contributed by atoms with Crippen LogP contribution in [0, 0.1) is 13.8 Å². The van der Waals surface area contributed by atoms with E-state index in [0.29, 0.717) is 11.1 Å². The van der Waals surface area contributed by atoms with Gasteiger partial charge in [-0.05, 0) is 43.3 Å². The number of amides is 1. The summed E-state index contributed by atoms with van der Waals surface area (Å²) in [5.41, 5.74) is 4.25. The highest BCUT2D eigenvalue weighted by molar-refractivity contribution is 7.08. The standard InChI is InChI=1S/C24H26N2O4S/c1-17-14-21(18(2)26(17)12-9-19-6-4-3-5-7-19)22(27)15-30-23(28)8-11-25-24(29)20-10-13-31-16-20/h3-7,10,13-14,16H,8-9,11-12,15H2,1-2H3,(H,25,29). The predicted octanol–water partition coefficient (Wildman–Crippen LogP) is 3.96. The van der Waals surface area contributed by atoms with Crippen molar-refractivity contribution in [2.45, 2.75) is 33.2 Å². The van der Waals surface area contributed by atoms with Crippen molar-refractivity contribution in [3.05, 3.63) is 81.3 Å². The predicted molar refractivity (Wildman–Crippen MR) is 121 cm³/mol. The van der Waals surface area contributed by atoms with E-state index in [4.69, 9.17) is 4.74 Å². The zero-order chi connectivity index (χ0) is 22.2. The van der Waals surface area contributed by atoms with Crippen molar-refractivity contribution in [3.8, 4) is 0 Å². The van der Waals surface area contributed by atoms with Gasteiger partial charge in [-0.3, -0.25) is 14.4 Å². The van der Waals surface area contributed by atoms with E-state index in [2.05, 4.69) is 22.0 Å². The van der Waals surface area contributed by atoms with Gasteiger partial charge in [0.25, 0.3) is 5.91 Å². The molecule has 1 amide bonds. The summed E-state index contributed by atoms with van der Waals surface area (Å²) in [4.78, 5) is 36.4. The van der Waals surface area contributed by atoms with Crippen LogP contribution in [0.3, 0.4) is 0 Å². The van der Waals surface area contributed by atoms with Crippen LogP contribution in [0.4, 0.5) is 0 Å². The fraction of sp³-hybridized carbons (Fsp3) is 0.292. The maximum atomic E-state index is 12.6. The molecule has 0 fully saturated rings. The Morgan fingerprint density at radius 3 is 2.58 bits per heavy atom. The van der Waals surface area contributed by atoms with Gasteiger partial charge in [0.05, 0.1) is 6.42 Å². The second-order valence-electron chi connectivity index (χ2n) is 7.27. The molecule has 0 spiro atoms. The van der Waals surface area contributed by atoms with Gasteiger partial charge in [0.1, 0.15) is 0 Å². The molecule has 0 aliphatic carbocycles. The van der Waals surface area contributed by atoms with Crippen LogP contribution in [-0.2, 0) is 22.5 Å². The summed E-state index contributed by atoms with van der Waals surface area (Å²) in [6.07, 6.45) is 0.885. The molecular formula is C24H26N2O4S. The molecule has 2 aromatic heterocycles. The first-order chi connectivity index (χ1) is 15.0. The summed E-state index contributed by atoms with van der Waals surface area (Å²) >= 11 is 1.43. The number of aryl methyl sites for hydroxylation is 2. The molecule has 0 radical (unpaired) electrons.